The maximum Gasteiger partial charge on any atom is 0.223 e. The molecule has 0 spiro atoms. The molecule has 6 heteroatoms. The van der Waals surface area contributed by atoms with Gasteiger partial charge in [0.05, 0.1) is 5.02 Å². The summed E-state index contributed by atoms with van der Waals surface area (Å²) in [5.41, 5.74) is 7.46. The van der Waals surface area contributed by atoms with Gasteiger partial charge in [-0.05, 0) is 18.1 Å². The van der Waals surface area contributed by atoms with Gasteiger partial charge in [0.1, 0.15) is 0 Å². The van der Waals surface area contributed by atoms with Gasteiger partial charge < -0.3 is 10.6 Å². The first-order valence-corrected chi connectivity index (χ1v) is 8.70. The van der Waals surface area contributed by atoms with Crippen LogP contribution in [0.4, 0.5) is 0 Å². The molecule has 1 amide bonds. The minimum atomic E-state index is 0. The zero-order chi connectivity index (χ0) is 15.5. The summed E-state index contributed by atoms with van der Waals surface area (Å²) >= 11 is 7.51. The minimum Gasteiger partial charge on any atom is -0.340 e. The molecule has 2 heterocycles. The molecule has 1 aliphatic heterocycles. The highest BCUT2D eigenvalue weighted by molar-refractivity contribution is 7.10. The number of halogens is 2. The van der Waals surface area contributed by atoms with E-state index < -0.39 is 0 Å². The Morgan fingerprint density at radius 1 is 1.30 bits per heavy atom. The van der Waals surface area contributed by atoms with Gasteiger partial charge in [-0.1, -0.05) is 41.9 Å². The van der Waals surface area contributed by atoms with Crippen molar-refractivity contribution in [2.75, 3.05) is 13.1 Å². The van der Waals surface area contributed by atoms with Crippen molar-refractivity contribution in [1.29, 1.82) is 0 Å². The molecular weight excluding hydrogens is 351 g/mol. The first-order chi connectivity index (χ1) is 10.6. The van der Waals surface area contributed by atoms with Crippen LogP contribution in [-0.4, -0.2) is 29.9 Å². The number of hydrogen-bond donors (Lipinski definition) is 1. The summed E-state index contributed by atoms with van der Waals surface area (Å²) in [4.78, 5) is 15.4. The van der Waals surface area contributed by atoms with Gasteiger partial charge in [0.15, 0.2) is 0 Å². The summed E-state index contributed by atoms with van der Waals surface area (Å²) in [6.45, 7) is 1.36. The van der Waals surface area contributed by atoms with E-state index >= 15 is 0 Å². The van der Waals surface area contributed by atoms with Crippen molar-refractivity contribution in [2.45, 2.75) is 24.8 Å². The Balaban J connectivity index is 0.00000192. The molecule has 0 unspecified atom stereocenters. The molecule has 1 aliphatic rings. The summed E-state index contributed by atoms with van der Waals surface area (Å²) in [5.74, 6) is 0.416. The van der Waals surface area contributed by atoms with E-state index in [1.807, 2.05) is 34.5 Å². The van der Waals surface area contributed by atoms with Gasteiger partial charge in [-0.2, -0.15) is 0 Å². The molecule has 2 N–H and O–H groups in total. The predicted octanol–water partition coefficient (Wildman–Crippen LogP) is 3.71. The lowest BCUT2D eigenvalue weighted by Crippen LogP contribution is -2.32. The Morgan fingerprint density at radius 3 is 2.70 bits per heavy atom. The van der Waals surface area contributed by atoms with Gasteiger partial charge in [-0.15, -0.1) is 23.7 Å². The normalized spacial score (nSPS) is 20.3. The van der Waals surface area contributed by atoms with Crippen molar-refractivity contribution in [3.63, 3.8) is 0 Å². The van der Waals surface area contributed by atoms with Gasteiger partial charge in [0.25, 0.3) is 0 Å². The zero-order valence-corrected chi connectivity index (χ0v) is 15.0. The van der Waals surface area contributed by atoms with Crippen LogP contribution in [0.1, 0.15) is 22.8 Å². The summed E-state index contributed by atoms with van der Waals surface area (Å²) < 4.78 is 0. The van der Waals surface area contributed by atoms with Gasteiger partial charge in [0, 0.05) is 41.7 Å². The standard InChI is InChI=1S/C17H19ClN2OS.ClH/c18-13-8-14(22-11-13)6-7-17(21)20-9-15(16(19)10-20)12-4-2-1-3-5-12;/h1-5,8,11,15-16H,6-7,9-10,19H2;1H/t15-,16+;/m0./s1. The maximum atomic E-state index is 12.4. The van der Waals surface area contributed by atoms with Crippen molar-refractivity contribution in [2.24, 2.45) is 5.73 Å². The molecule has 0 saturated carbocycles. The van der Waals surface area contributed by atoms with Crippen LogP contribution in [-0.2, 0) is 11.2 Å². The van der Waals surface area contributed by atoms with Gasteiger partial charge in [-0.3, -0.25) is 4.79 Å². The number of carbonyl (C=O) groups excluding carboxylic acids is 1. The summed E-state index contributed by atoms with van der Waals surface area (Å²) in [6, 6.07) is 12.2. The fraction of sp³-hybridized carbons (Fsp3) is 0.353. The van der Waals surface area contributed by atoms with E-state index in [0.29, 0.717) is 13.0 Å². The number of nitrogens with two attached hydrogens (primary N) is 1. The monoisotopic (exact) mass is 370 g/mol. The first kappa shape index (κ1) is 18.3. The van der Waals surface area contributed by atoms with Crippen LogP contribution in [0.25, 0.3) is 0 Å². The molecule has 3 nitrogen and oxygen atoms in total. The third-order valence-electron chi connectivity index (χ3n) is 4.15. The maximum absolute atomic E-state index is 12.4. The van der Waals surface area contributed by atoms with Crippen molar-refractivity contribution >= 4 is 41.3 Å². The smallest absolute Gasteiger partial charge is 0.223 e. The predicted molar refractivity (Wildman–Crippen MR) is 98.6 cm³/mol. The molecule has 0 aliphatic carbocycles. The molecule has 1 saturated heterocycles. The number of aryl methyl sites for hydroxylation is 1. The number of likely N-dealkylation sites (tertiary alicyclic amines) is 1. The second-order valence-corrected chi connectivity index (χ2v) is 7.14. The lowest BCUT2D eigenvalue weighted by atomic mass is 9.95. The molecule has 3 rings (SSSR count). The van der Waals surface area contributed by atoms with Crippen LogP contribution in [0.15, 0.2) is 41.8 Å². The topological polar surface area (TPSA) is 46.3 Å². The zero-order valence-electron chi connectivity index (χ0n) is 12.7. The molecule has 1 aromatic heterocycles. The highest BCUT2D eigenvalue weighted by Crippen LogP contribution is 2.27. The number of carbonyl (C=O) groups is 1. The number of amides is 1. The SMILES string of the molecule is Cl.N[C@@H]1CN(C(=O)CCc2cc(Cl)cs2)C[C@H]1c1ccccc1. The first-order valence-electron chi connectivity index (χ1n) is 7.44. The van der Waals surface area contributed by atoms with Crippen molar-refractivity contribution < 1.29 is 4.79 Å². The molecule has 2 aromatic rings. The number of benzene rings is 1. The Hall–Kier alpha value is -1.07. The summed E-state index contributed by atoms with van der Waals surface area (Å²) in [6.07, 6.45) is 1.27. The lowest BCUT2D eigenvalue weighted by molar-refractivity contribution is -0.130. The average molecular weight is 371 g/mol. The number of hydrogen-bond acceptors (Lipinski definition) is 3. The molecular formula is C17H20Cl2N2OS. The largest absolute Gasteiger partial charge is 0.340 e. The molecule has 23 heavy (non-hydrogen) atoms. The van der Waals surface area contributed by atoms with Crippen molar-refractivity contribution in [1.82, 2.24) is 4.90 Å². The highest BCUT2D eigenvalue weighted by atomic mass is 35.5. The number of thiophene rings is 1. The second-order valence-electron chi connectivity index (χ2n) is 5.71. The van der Waals surface area contributed by atoms with E-state index in [4.69, 9.17) is 17.3 Å². The number of nitrogens with zero attached hydrogens (tertiary/aromatic N) is 1. The third kappa shape index (κ3) is 4.48. The van der Waals surface area contributed by atoms with Crippen molar-refractivity contribution in [3.05, 3.63) is 57.2 Å². The van der Waals surface area contributed by atoms with Gasteiger partial charge in [-0.25, -0.2) is 0 Å². The van der Waals surface area contributed by atoms with Crippen LogP contribution in [0.3, 0.4) is 0 Å². The highest BCUT2D eigenvalue weighted by Gasteiger charge is 2.33. The van der Waals surface area contributed by atoms with Crippen LogP contribution >= 0.6 is 35.3 Å². The molecule has 0 radical (unpaired) electrons. The third-order valence-corrected chi connectivity index (χ3v) is 5.50. The van der Waals surface area contributed by atoms with Gasteiger partial charge in [0.2, 0.25) is 5.91 Å². The van der Waals surface area contributed by atoms with E-state index in [0.717, 1.165) is 22.9 Å². The Labute approximate surface area is 151 Å². The Bertz CT molecular complexity index is 647. The fourth-order valence-corrected chi connectivity index (χ4v) is 4.04. The average Bonchev–Trinajstić information content (AvgIpc) is 3.12. The molecule has 0 bridgehead atoms. The van der Waals surface area contributed by atoms with E-state index in [1.54, 1.807) is 11.3 Å². The lowest BCUT2D eigenvalue weighted by Gasteiger charge is -2.16. The van der Waals surface area contributed by atoms with E-state index in [-0.39, 0.29) is 30.3 Å². The Morgan fingerprint density at radius 2 is 2.04 bits per heavy atom. The summed E-state index contributed by atoms with van der Waals surface area (Å²) in [7, 11) is 0. The van der Waals surface area contributed by atoms with Crippen LogP contribution < -0.4 is 5.73 Å². The van der Waals surface area contributed by atoms with Crippen LogP contribution in [0, 0.1) is 0 Å². The molecule has 1 fully saturated rings. The van der Waals surface area contributed by atoms with E-state index in [2.05, 4.69) is 12.1 Å². The van der Waals surface area contributed by atoms with E-state index in [9.17, 15) is 4.79 Å². The van der Waals surface area contributed by atoms with Crippen LogP contribution in [0.5, 0.6) is 0 Å². The molecule has 124 valence electrons. The van der Waals surface area contributed by atoms with Crippen molar-refractivity contribution in [3.8, 4) is 0 Å². The molecule has 1 aromatic carbocycles. The van der Waals surface area contributed by atoms with Crippen LogP contribution in [0.2, 0.25) is 5.02 Å². The summed E-state index contributed by atoms with van der Waals surface area (Å²) in [5, 5.41) is 2.65. The molecule has 2 atom stereocenters. The quantitative estimate of drug-likeness (QED) is 0.891. The Kier molecular flexibility index (Phi) is 6.48. The van der Waals surface area contributed by atoms with E-state index in [1.165, 1.54) is 5.56 Å². The minimum absolute atomic E-state index is 0. The van der Waals surface area contributed by atoms with Gasteiger partial charge >= 0.3 is 0 Å². The fourth-order valence-electron chi connectivity index (χ4n) is 2.96. The number of rotatable bonds is 4. The second kappa shape index (κ2) is 8.15.